The van der Waals surface area contributed by atoms with Crippen molar-refractivity contribution < 1.29 is 9.53 Å². The first-order chi connectivity index (χ1) is 10.5. The number of nitrogens with one attached hydrogen (secondary N) is 1. The Labute approximate surface area is 137 Å². The summed E-state index contributed by atoms with van der Waals surface area (Å²) in [6.45, 7) is 6.89. The summed E-state index contributed by atoms with van der Waals surface area (Å²) in [7, 11) is 1.74. The zero-order valence-electron chi connectivity index (χ0n) is 13.9. The fourth-order valence-electron chi connectivity index (χ4n) is 3.25. The van der Waals surface area contributed by atoms with Gasteiger partial charge in [0.05, 0.1) is 17.4 Å². The Bertz CT molecular complexity index is 526. The van der Waals surface area contributed by atoms with Crippen molar-refractivity contribution in [1.29, 1.82) is 0 Å². The molecule has 2 atom stereocenters. The zero-order valence-corrected chi connectivity index (χ0v) is 14.6. The molecule has 5 nitrogen and oxygen atoms in total. The van der Waals surface area contributed by atoms with E-state index in [-0.39, 0.29) is 18.1 Å². The fourth-order valence-corrected chi connectivity index (χ4v) is 3.51. The average molecular weight is 328 g/mol. The van der Waals surface area contributed by atoms with Crippen molar-refractivity contribution in [1.82, 2.24) is 15.1 Å². The molecular formula is C16H26ClN3O2. The predicted octanol–water partition coefficient (Wildman–Crippen LogP) is 3.10. The van der Waals surface area contributed by atoms with Crippen LogP contribution in [0.5, 0.6) is 0 Å². The van der Waals surface area contributed by atoms with E-state index < -0.39 is 0 Å². The van der Waals surface area contributed by atoms with Gasteiger partial charge in [-0.05, 0) is 25.7 Å². The van der Waals surface area contributed by atoms with Gasteiger partial charge in [0.25, 0.3) is 5.91 Å². The molecule has 1 aliphatic heterocycles. The van der Waals surface area contributed by atoms with Crippen LogP contribution in [0.1, 0.15) is 55.6 Å². The lowest BCUT2D eigenvalue weighted by Gasteiger charge is -2.34. The van der Waals surface area contributed by atoms with Crippen LogP contribution in [0.3, 0.4) is 0 Å². The lowest BCUT2D eigenvalue weighted by atomic mass is 9.89. The van der Waals surface area contributed by atoms with Gasteiger partial charge in [-0.1, -0.05) is 38.3 Å². The van der Waals surface area contributed by atoms with Crippen molar-refractivity contribution in [3.05, 3.63) is 16.4 Å². The molecule has 0 radical (unpaired) electrons. The molecule has 0 spiro atoms. The van der Waals surface area contributed by atoms with Crippen LogP contribution < -0.4 is 5.32 Å². The molecule has 0 unspecified atom stereocenters. The van der Waals surface area contributed by atoms with Gasteiger partial charge in [0.15, 0.2) is 0 Å². The Morgan fingerprint density at radius 3 is 2.73 bits per heavy atom. The van der Waals surface area contributed by atoms with Gasteiger partial charge >= 0.3 is 0 Å². The molecule has 2 rings (SSSR count). The second kappa shape index (κ2) is 7.47. The average Bonchev–Trinajstić information content (AvgIpc) is 2.74. The smallest absolute Gasteiger partial charge is 0.256 e. The molecule has 2 heterocycles. The maximum atomic E-state index is 12.5. The molecule has 1 N–H and O–H groups in total. The highest BCUT2D eigenvalue weighted by atomic mass is 35.5. The molecule has 1 amide bonds. The van der Waals surface area contributed by atoms with Crippen LogP contribution in [0.25, 0.3) is 0 Å². The lowest BCUT2D eigenvalue weighted by molar-refractivity contribution is -0.0337. The predicted molar refractivity (Wildman–Crippen MR) is 87.3 cm³/mol. The van der Waals surface area contributed by atoms with Crippen LogP contribution in [0.15, 0.2) is 0 Å². The molecule has 0 aromatic carbocycles. The van der Waals surface area contributed by atoms with Gasteiger partial charge in [-0.2, -0.15) is 5.10 Å². The number of carbonyl (C=O) groups excluding carboxylic acids is 1. The van der Waals surface area contributed by atoms with E-state index in [0.29, 0.717) is 28.9 Å². The molecule has 1 fully saturated rings. The highest BCUT2D eigenvalue weighted by Crippen LogP contribution is 2.26. The van der Waals surface area contributed by atoms with Gasteiger partial charge in [0.2, 0.25) is 0 Å². The normalized spacial score (nSPS) is 22.1. The topological polar surface area (TPSA) is 56.2 Å². The molecule has 1 saturated heterocycles. The maximum absolute atomic E-state index is 12.5. The second-order valence-electron chi connectivity index (χ2n) is 6.06. The Kier molecular flexibility index (Phi) is 5.87. The summed E-state index contributed by atoms with van der Waals surface area (Å²) in [6, 6.07) is 0.141. The highest BCUT2D eigenvalue weighted by Gasteiger charge is 2.29. The Hall–Kier alpha value is -1.07. The van der Waals surface area contributed by atoms with Crippen molar-refractivity contribution in [3.8, 4) is 0 Å². The van der Waals surface area contributed by atoms with Gasteiger partial charge in [0, 0.05) is 19.7 Å². The summed E-state index contributed by atoms with van der Waals surface area (Å²) in [6.07, 6.45) is 4.17. The third-order valence-electron chi connectivity index (χ3n) is 4.60. The Morgan fingerprint density at radius 2 is 2.18 bits per heavy atom. The molecule has 6 heteroatoms. The summed E-state index contributed by atoms with van der Waals surface area (Å²) in [5, 5.41) is 7.69. The van der Waals surface area contributed by atoms with Crippen molar-refractivity contribution in [2.45, 2.75) is 58.6 Å². The van der Waals surface area contributed by atoms with E-state index in [4.69, 9.17) is 16.3 Å². The number of aryl methyl sites for hydroxylation is 2. The number of rotatable bonds is 5. The number of amides is 1. The van der Waals surface area contributed by atoms with E-state index in [1.54, 1.807) is 14.0 Å². The molecule has 22 heavy (non-hydrogen) atoms. The van der Waals surface area contributed by atoms with Crippen LogP contribution in [0.2, 0.25) is 5.15 Å². The summed E-state index contributed by atoms with van der Waals surface area (Å²) >= 11 is 6.17. The summed E-state index contributed by atoms with van der Waals surface area (Å²) in [5.74, 6) is 0.425. The van der Waals surface area contributed by atoms with Gasteiger partial charge in [-0.3, -0.25) is 9.48 Å². The van der Waals surface area contributed by atoms with Gasteiger partial charge in [-0.25, -0.2) is 0 Å². The maximum Gasteiger partial charge on any atom is 0.256 e. The zero-order chi connectivity index (χ0) is 16.3. The van der Waals surface area contributed by atoms with Gasteiger partial charge in [0.1, 0.15) is 5.15 Å². The Morgan fingerprint density at radius 1 is 1.50 bits per heavy atom. The number of halogens is 1. The van der Waals surface area contributed by atoms with E-state index in [9.17, 15) is 4.79 Å². The van der Waals surface area contributed by atoms with Crippen LogP contribution in [0.4, 0.5) is 0 Å². The summed E-state index contributed by atoms with van der Waals surface area (Å²) in [5.41, 5.74) is 1.14. The molecule has 0 saturated carbocycles. The third-order valence-corrected chi connectivity index (χ3v) is 5.04. The van der Waals surface area contributed by atoms with Gasteiger partial charge < -0.3 is 10.1 Å². The first-order valence-corrected chi connectivity index (χ1v) is 8.47. The first-order valence-electron chi connectivity index (χ1n) is 8.09. The van der Waals surface area contributed by atoms with E-state index in [0.717, 1.165) is 25.7 Å². The summed E-state index contributed by atoms with van der Waals surface area (Å²) < 4.78 is 7.43. The van der Waals surface area contributed by atoms with Crippen molar-refractivity contribution in [2.75, 3.05) is 6.61 Å². The van der Waals surface area contributed by atoms with Crippen molar-refractivity contribution in [3.63, 3.8) is 0 Å². The number of hydrogen-bond donors (Lipinski definition) is 1. The molecule has 0 bridgehead atoms. The lowest BCUT2D eigenvalue weighted by Crippen LogP contribution is -2.44. The molecular weight excluding hydrogens is 302 g/mol. The monoisotopic (exact) mass is 327 g/mol. The molecule has 1 aromatic heterocycles. The minimum absolute atomic E-state index is 0.134. The second-order valence-corrected chi connectivity index (χ2v) is 6.41. The van der Waals surface area contributed by atoms with E-state index in [1.165, 1.54) is 4.68 Å². The quantitative estimate of drug-likeness (QED) is 0.904. The van der Waals surface area contributed by atoms with Crippen molar-refractivity contribution >= 4 is 17.5 Å². The van der Waals surface area contributed by atoms with E-state index >= 15 is 0 Å². The van der Waals surface area contributed by atoms with E-state index in [1.807, 2.05) is 0 Å². The standard InChI is InChI=1S/C16H26ClN3O2/c1-5-11(6-2)13-9-12(7-8-22-13)18-16(21)14-10(3)19-20(4)15(14)17/h11-13H,5-9H2,1-4H3,(H,18,21)/t12-,13-/m0/s1. The SMILES string of the molecule is CCC(CC)[C@@H]1C[C@@H](NC(=O)c2c(C)nn(C)c2Cl)CCO1. The van der Waals surface area contributed by atoms with Gasteiger partial charge in [-0.15, -0.1) is 0 Å². The van der Waals surface area contributed by atoms with Crippen LogP contribution in [-0.2, 0) is 11.8 Å². The number of hydrogen-bond acceptors (Lipinski definition) is 3. The number of nitrogens with zero attached hydrogens (tertiary/aromatic N) is 2. The first kappa shape index (κ1) is 17.3. The minimum atomic E-state index is -0.134. The third kappa shape index (κ3) is 3.63. The minimum Gasteiger partial charge on any atom is -0.378 e. The molecule has 1 aliphatic rings. The largest absolute Gasteiger partial charge is 0.378 e. The molecule has 124 valence electrons. The number of aromatic nitrogens is 2. The number of carbonyl (C=O) groups is 1. The van der Waals surface area contributed by atoms with E-state index in [2.05, 4.69) is 24.3 Å². The molecule has 0 aliphatic carbocycles. The number of ether oxygens (including phenoxy) is 1. The van der Waals surface area contributed by atoms with Crippen LogP contribution >= 0.6 is 11.6 Å². The summed E-state index contributed by atoms with van der Waals surface area (Å²) in [4.78, 5) is 12.5. The fraction of sp³-hybridized carbons (Fsp3) is 0.750. The van der Waals surface area contributed by atoms with Crippen LogP contribution in [-0.4, -0.2) is 34.4 Å². The van der Waals surface area contributed by atoms with Crippen LogP contribution in [0, 0.1) is 12.8 Å². The van der Waals surface area contributed by atoms with Crippen molar-refractivity contribution in [2.24, 2.45) is 13.0 Å². The highest BCUT2D eigenvalue weighted by molar-refractivity contribution is 6.33. The molecule has 1 aromatic rings. The Balaban J connectivity index is 2.02.